The van der Waals surface area contributed by atoms with Gasteiger partial charge in [-0.3, -0.25) is 19.2 Å². The van der Waals surface area contributed by atoms with Crippen LogP contribution in [0.1, 0.15) is 47.5 Å². The van der Waals surface area contributed by atoms with E-state index in [0.717, 1.165) is 12.0 Å². The third kappa shape index (κ3) is 5.89. The monoisotopic (exact) mass is 636 g/mol. The summed E-state index contributed by atoms with van der Waals surface area (Å²) < 4.78 is 72.2. The lowest BCUT2D eigenvalue weighted by atomic mass is 9.85. The highest BCUT2D eigenvalue weighted by molar-refractivity contribution is 7.90. The van der Waals surface area contributed by atoms with Gasteiger partial charge in [-0.25, -0.2) is 4.79 Å². The molecule has 14 nitrogen and oxygen atoms in total. The number of carbonyl (C=O) groups excluding carboxylic acids is 5. The van der Waals surface area contributed by atoms with Crippen LogP contribution in [0.4, 0.5) is 18.0 Å². The highest BCUT2D eigenvalue weighted by Gasteiger charge is 2.70. The van der Waals surface area contributed by atoms with Crippen LogP contribution in [-0.4, -0.2) is 97.7 Å². The van der Waals surface area contributed by atoms with E-state index >= 15 is 0 Å². The third-order valence-corrected chi connectivity index (χ3v) is 9.92. The van der Waals surface area contributed by atoms with E-state index in [1.165, 1.54) is 20.8 Å². The topological polar surface area (TPSA) is 184 Å². The molecule has 2 saturated heterocycles. The molecule has 1 saturated carbocycles. The number of amides is 5. The molecular weight excluding hydrogens is 601 g/mol. The molecule has 6 atom stereocenters. The Balaban J connectivity index is 1.65. The lowest BCUT2D eigenvalue weighted by molar-refractivity contribution is -0.176. The first-order valence-electron chi connectivity index (χ1n) is 13.6. The molecule has 0 bridgehead atoms. The number of hydrogen-bond acceptors (Lipinski definition) is 8. The van der Waals surface area contributed by atoms with E-state index in [1.54, 1.807) is 5.32 Å². The van der Waals surface area contributed by atoms with Crippen LogP contribution in [0, 0.1) is 28.6 Å². The number of amidine groups is 1. The molecule has 3 fully saturated rings. The summed E-state index contributed by atoms with van der Waals surface area (Å²) in [5.41, 5.74) is -1.59. The molecule has 3 heterocycles. The molecule has 4 aliphatic rings. The molecule has 4 rings (SSSR count). The summed E-state index contributed by atoms with van der Waals surface area (Å²) in [6, 6.07) is -4.11. The van der Waals surface area contributed by atoms with E-state index in [0.29, 0.717) is 13.0 Å². The molecule has 240 valence electrons. The maximum Gasteiger partial charge on any atom is 0.471 e. The molecule has 0 aromatic carbocycles. The number of piperidine rings is 1. The predicted molar refractivity (Wildman–Crippen MR) is 142 cm³/mol. The third-order valence-electron chi connectivity index (χ3n) is 8.71. The van der Waals surface area contributed by atoms with Crippen LogP contribution >= 0.6 is 0 Å². The van der Waals surface area contributed by atoms with Gasteiger partial charge >= 0.3 is 28.4 Å². The van der Waals surface area contributed by atoms with E-state index in [-0.39, 0.29) is 34.9 Å². The molecule has 0 unspecified atom stereocenters. The maximum atomic E-state index is 13.9. The smallest absolute Gasteiger partial charge is 0.452 e. The molecule has 3 aliphatic heterocycles. The number of hydrogen-bond donors (Lipinski definition) is 3. The predicted octanol–water partition coefficient (Wildman–Crippen LogP) is 0.299. The van der Waals surface area contributed by atoms with Gasteiger partial charge in [-0.05, 0) is 35.5 Å². The zero-order chi connectivity index (χ0) is 32.4. The minimum atomic E-state index is -5.25. The van der Waals surface area contributed by atoms with Crippen LogP contribution in [0.25, 0.3) is 0 Å². The van der Waals surface area contributed by atoms with Gasteiger partial charge in [-0.15, -0.1) is 8.70 Å². The van der Waals surface area contributed by atoms with Crippen LogP contribution in [0.2, 0.25) is 0 Å². The number of methoxy groups -OCH3 is 1. The summed E-state index contributed by atoms with van der Waals surface area (Å²) in [5, 5.41) is 7.06. The zero-order valence-electron chi connectivity index (χ0n) is 24.4. The van der Waals surface area contributed by atoms with E-state index < -0.39 is 81.0 Å². The molecule has 0 aromatic rings. The van der Waals surface area contributed by atoms with Crippen molar-refractivity contribution < 1.29 is 50.3 Å². The van der Waals surface area contributed by atoms with Crippen molar-refractivity contribution in [2.45, 2.75) is 71.8 Å². The number of halogens is 3. The highest BCUT2D eigenvalue weighted by atomic mass is 32.2. The molecule has 3 N–H and O–H groups in total. The Kier molecular flexibility index (Phi) is 8.02. The number of ether oxygens (including phenoxy) is 1. The summed E-state index contributed by atoms with van der Waals surface area (Å²) in [5.74, 6) is -5.94. The van der Waals surface area contributed by atoms with Crippen molar-refractivity contribution in [3.05, 3.63) is 0 Å². The van der Waals surface area contributed by atoms with Gasteiger partial charge in [-0.1, -0.05) is 34.6 Å². The number of carbonyl (C=O) groups is 5. The van der Waals surface area contributed by atoms with E-state index in [2.05, 4.69) is 19.8 Å². The average molecular weight is 637 g/mol. The van der Waals surface area contributed by atoms with E-state index in [1.807, 2.05) is 13.8 Å². The molecular formula is C25H35F3N6O8S. The van der Waals surface area contributed by atoms with Crippen molar-refractivity contribution in [1.29, 1.82) is 0 Å². The van der Waals surface area contributed by atoms with Crippen molar-refractivity contribution in [3.63, 3.8) is 0 Å². The molecule has 43 heavy (non-hydrogen) atoms. The van der Waals surface area contributed by atoms with Gasteiger partial charge in [0.15, 0.2) is 5.84 Å². The lowest BCUT2D eigenvalue weighted by Crippen LogP contribution is -2.63. The second-order valence-electron chi connectivity index (χ2n) is 12.9. The fourth-order valence-corrected chi connectivity index (χ4v) is 7.32. The van der Waals surface area contributed by atoms with Crippen LogP contribution in [0.5, 0.6) is 0 Å². The second kappa shape index (κ2) is 10.6. The fraction of sp³-hybridized carbons (Fsp3) is 0.760. The Morgan fingerprint density at radius 1 is 1.16 bits per heavy atom. The Bertz CT molecular complexity index is 1380. The van der Waals surface area contributed by atoms with E-state index in [9.17, 15) is 45.6 Å². The van der Waals surface area contributed by atoms with Crippen molar-refractivity contribution >= 4 is 45.8 Å². The van der Waals surface area contributed by atoms with Gasteiger partial charge < -0.3 is 25.6 Å². The molecule has 18 heteroatoms. The zero-order valence-corrected chi connectivity index (χ0v) is 25.3. The fourth-order valence-electron chi connectivity index (χ4n) is 6.24. The second-order valence-corrected chi connectivity index (χ2v) is 14.3. The van der Waals surface area contributed by atoms with Gasteiger partial charge in [0.1, 0.15) is 12.1 Å². The molecule has 0 aromatic heterocycles. The van der Waals surface area contributed by atoms with Crippen LogP contribution in [0.3, 0.4) is 0 Å². The quantitative estimate of drug-likeness (QED) is 0.356. The molecule has 5 amide bonds. The summed E-state index contributed by atoms with van der Waals surface area (Å²) in [6.45, 7) is 8.54. The summed E-state index contributed by atoms with van der Waals surface area (Å²) >= 11 is 0. The van der Waals surface area contributed by atoms with Gasteiger partial charge in [0.2, 0.25) is 17.7 Å². The Hall–Kier alpha value is -3.44. The maximum absolute atomic E-state index is 13.9. The minimum Gasteiger partial charge on any atom is -0.452 e. The minimum absolute atomic E-state index is 0.0301. The van der Waals surface area contributed by atoms with E-state index in [4.69, 9.17) is 0 Å². The van der Waals surface area contributed by atoms with Crippen LogP contribution in [0.15, 0.2) is 4.40 Å². The summed E-state index contributed by atoms with van der Waals surface area (Å²) in [6.07, 6.45) is -6.30. The number of fused-ring (bicyclic) bond motifs is 1. The molecule has 0 radical (unpaired) electrons. The van der Waals surface area contributed by atoms with Gasteiger partial charge in [0.05, 0.1) is 13.2 Å². The normalized spacial score (nSPS) is 28.5. The first-order chi connectivity index (χ1) is 19.6. The van der Waals surface area contributed by atoms with Crippen molar-refractivity contribution in [3.8, 4) is 0 Å². The van der Waals surface area contributed by atoms with Crippen LogP contribution < -0.4 is 16.0 Å². The first kappa shape index (κ1) is 32.5. The summed E-state index contributed by atoms with van der Waals surface area (Å²) in [4.78, 5) is 65.3. The lowest BCUT2D eigenvalue weighted by Gasteiger charge is -2.38. The van der Waals surface area contributed by atoms with Gasteiger partial charge in [0, 0.05) is 19.0 Å². The van der Waals surface area contributed by atoms with Crippen molar-refractivity contribution in [2.75, 3.05) is 20.2 Å². The first-order valence-corrected chi connectivity index (χ1v) is 15.0. The number of likely N-dealkylation sites (tertiary alicyclic amines) is 1. The van der Waals surface area contributed by atoms with Crippen LogP contribution in [-0.2, 0) is 34.1 Å². The standard InChI is InChI=1S/C25H35F3N6O8S/c1-23(2,3)16(31-21(38)25(26,27)28)20(37)33-10-12-14(24(12,4)5)15(33)19(36)30-13(9-11-7-8-29-18(11)35)17-32-43(40,41)34(17)22(39)42-6/h11-16H,7-10H2,1-6H3,(H,29,35)(H,30,36)(H,31,38)/t11-,12-,13-,14-,15-,16+/m0/s1. The highest BCUT2D eigenvalue weighted by Crippen LogP contribution is 2.65. The van der Waals surface area contributed by atoms with Crippen molar-refractivity contribution in [2.24, 2.45) is 33.0 Å². The number of nitrogens with one attached hydrogen (secondary N) is 3. The average Bonchev–Trinajstić information content (AvgIpc) is 3.22. The van der Waals surface area contributed by atoms with Gasteiger partial charge in [-0.2, -0.15) is 21.6 Å². The molecule has 0 spiro atoms. The Morgan fingerprint density at radius 3 is 2.28 bits per heavy atom. The summed E-state index contributed by atoms with van der Waals surface area (Å²) in [7, 11) is -3.48. The molecule has 1 aliphatic carbocycles. The largest absolute Gasteiger partial charge is 0.471 e. The number of alkyl halides is 3. The number of rotatable bonds is 7. The van der Waals surface area contributed by atoms with Gasteiger partial charge in [0.25, 0.3) is 0 Å². The Labute approximate surface area is 246 Å². The number of nitrogens with zero attached hydrogens (tertiary/aromatic N) is 3. The Morgan fingerprint density at radius 2 is 1.79 bits per heavy atom. The SMILES string of the molecule is COC(=O)N1C([C@H](C[C@@H]2CCNC2=O)NC(=O)[C@@H]2[C@@H]3[C@H](CN2C(=O)[C@@H](NC(=O)C(F)(F)F)C(C)(C)C)C3(C)C)=NS1(=O)=O. The van der Waals surface area contributed by atoms with Crippen molar-refractivity contribution in [1.82, 2.24) is 25.2 Å².